The van der Waals surface area contributed by atoms with Crippen molar-refractivity contribution >= 4 is 22.4 Å². The van der Waals surface area contributed by atoms with Crippen LogP contribution >= 0.6 is 0 Å². The molecule has 1 aromatic heterocycles. The van der Waals surface area contributed by atoms with E-state index in [1.54, 1.807) is 6.20 Å². The minimum atomic E-state index is 0.0701. The van der Waals surface area contributed by atoms with E-state index in [0.29, 0.717) is 6.42 Å². The smallest absolute Gasteiger partial charge is 0.225 e. The summed E-state index contributed by atoms with van der Waals surface area (Å²) >= 11 is 0. The van der Waals surface area contributed by atoms with Crippen molar-refractivity contribution in [2.75, 3.05) is 5.32 Å². The Hall–Kier alpha value is -2.68. The Labute approximate surface area is 122 Å². The van der Waals surface area contributed by atoms with E-state index in [1.165, 1.54) is 11.1 Å². The summed E-state index contributed by atoms with van der Waals surface area (Å²) in [5.74, 6) is 0.188. The van der Waals surface area contributed by atoms with Crippen molar-refractivity contribution in [2.45, 2.75) is 12.3 Å². The molecule has 1 N–H and O–H groups in total. The van der Waals surface area contributed by atoms with Gasteiger partial charge in [0.1, 0.15) is 0 Å². The largest absolute Gasteiger partial charge is 0.325 e. The standard InChI is InChI=1S/C18H14N2O/c21-17-10-16(12-4-2-1-3-5-12)15-7-6-13-11-19-9-8-14(13)18(15)20-17/h1-9,11,16H,10H2,(H,20,21). The molecule has 3 aromatic rings. The third kappa shape index (κ3) is 1.98. The summed E-state index contributed by atoms with van der Waals surface area (Å²) in [6, 6.07) is 16.4. The van der Waals surface area contributed by atoms with Crippen LogP contribution in [0.15, 0.2) is 60.9 Å². The minimum Gasteiger partial charge on any atom is -0.325 e. The van der Waals surface area contributed by atoms with Crippen LogP contribution in [0.3, 0.4) is 0 Å². The van der Waals surface area contributed by atoms with Crippen LogP contribution < -0.4 is 5.32 Å². The Morgan fingerprint density at radius 2 is 1.90 bits per heavy atom. The monoisotopic (exact) mass is 274 g/mol. The topological polar surface area (TPSA) is 42.0 Å². The highest BCUT2D eigenvalue weighted by atomic mass is 16.1. The van der Waals surface area contributed by atoms with Crippen LogP contribution in [0.2, 0.25) is 0 Å². The molecular formula is C18H14N2O. The number of anilines is 1. The second-order valence-electron chi connectivity index (χ2n) is 5.34. The molecule has 0 bridgehead atoms. The summed E-state index contributed by atoms with van der Waals surface area (Å²) in [6.07, 6.45) is 4.09. The zero-order valence-electron chi connectivity index (χ0n) is 11.4. The molecule has 0 saturated carbocycles. The third-order valence-corrected chi connectivity index (χ3v) is 4.08. The molecule has 1 aliphatic rings. The second-order valence-corrected chi connectivity index (χ2v) is 5.34. The molecule has 0 aliphatic carbocycles. The van der Waals surface area contributed by atoms with E-state index in [1.807, 2.05) is 30.5 Å². The van der Waals surface area contributed by atoms with Crippen molar-refractivity contribution in [2.24, 2.45) is 0 Å². The molecule has 0 saturated heterocycles. The van der Waals surface area contributed by atoms with Gasteiger partial charge >= 0.3 is 0 Å². The summed E-state index contributed by atoms with van der Waals surface area (Å²) in [7, 11) is 0. The first kappa shape index (κ1) is 12.1. The van der Waals surface area contributed by atoms with Crippen LogP contribution in [-0.4, -0.2) is 10.9 Å². The summed E-state index contributed by atoms with van der Waals surface area (Å²) in [6.45, 7) is 0. The van der Waals surface area contributed by atoms with Gasteiger partial charge in [0.2, 0.25) is 5.91 Å². The van der Waals surface area contributed by atoms with Gasteiger partial charge in [0.15, 0.2) is 0 Å². The van der Waals surface area contributed by atoms with Crippen LogP contribution in [-0.2, 0) is 4.79 Å². The number of rotatable bonds is 1. The lowest BCUT2D eigenvalue weighted by atomic mass is 9.83. The van der Waals surface area contributed by atoms with Gasteiger partial charge in [-0.05, 0) is 17.2 Å². The Morgan fingerprint density at radius 3 is 2.76 bits per heavy atom. The van der Waals surface area contributed by atoms with Crippen LogP contribution in [0.4, 0.5) is 5.69 Å². The van der Waals surface area contributed by atoms with Gasteiger partial charge in [-0.1, -0.05) is 42.5 Å². The van der Waals surface area contributed by atoms with Crippen molar-refractivity contribution in [3.8, 4) is 0 Å². The normalized spacial score (nSPS) is 17.3. The fraction of sp³-hybridized carbons (Fsp3) is 0.111. The fourth-order valence-corrected chi connectivity index (χ4v) is 3.08. The number of pyridine rings is 1. The third-order valence-electron chi connectivity index (χ3n) is 4.08. The Balaban J connectivity index is 1.95. The average Bonchev–Trinajstić information content (AvgIpc) is 2.55. The molecule has 0 spiro atoms. The highest BCUT2D eigenvalue weighted by Crippen LogP contribution is 2.40. The predicted octanol–water partition coefficient (Wildman–Crippen LogP) is 3.71. The average molecular weight is 274 g/mol. The molecular weight excluding hydrogens is 260 g/mol. The summed E-state index contributed by atoms with van der Waals surface area (Å²) in [5.41, 5.74) is 3.29. The van der Waals surface area contributed by atoms with E-state index in [-0.39, 0.29) is 11.8 Å². The van der Waals surface area contributed by atoms with Crippen LogP contribution in [0.1, 0.15) is 23.5 Å². The van der Waals surface area contributed by atoms with Gasteiger partial charge in [-0.2, -0.15) is 0 Å². The molecule has 0 fully saturated rings. The summed E-state index contributed by atoms with van der Waals surface area (Å²) in [4.78, 5) is 16.3. The lowest BCUT2D eigenvalue weighted by Crippen LogP contribution is -2.23. The molecule has 102 valence electrons. The number of carbonyl (C=O) groups is 1. The zero-order chi connectivity index (χ0) is 14.2. The number of amides is 1. The van der Waals surface area contributed by atoms with Gasteiger partial charge in [-0.3, -0.25) is 9.78 Å². The quantitative estimate of drug-likeness (QED) is 0.735. The first-order valence-corrected chi connectivity index (χ1v) is 7.04. The highest BCUT2D eigenvalue weighted by molar-refractivity contribution is 6.05. The van der Waals surface area contributed by atoms with E-state index in [0.717, 1.165) is 16.5 Å². The van der Waals surface area contributed by atoms with E-state index in [2.05, 4.69) is 34.6 Å². The van der Waals surface area contributed by atoms with Gasteiger partial charge < -0.3 is 5.32 Å². The van der Waals surface area contributed by atoms with Crippen molar-refractivity contribution in [1.29, 1.82) is 0 Å². The second kappa shape index (κ2) is 4.70. The highest BCUT2D eigenvalue weighted by Gasteiger charge is 2.27. The number of hydrogen-bond acceptors (Lipinski definition) is 2. The maximum atomic E-state index is 12.1. The van der Waals surface area contributed by atoms with Gasteiger partial charge in [-0.15, -0.1) is 0 Å². The van der Waals surface area contributed by atoms with Gasteiger partial charge in [0.25, 0.3) is 0 Å². The fourth-order valence-electron chi connectivity index (χ4n) is 3.08. The van der Waals surface area contributed by atoms with Gasteiger partial charge in [-0.25, -0.2) is 0 Å². The molecule has 2 aromatic carbocycles. The minimum absolute atomic E-state index is 0.0701. The van der Waals surface area contributed by atoms with Gasteiger partial charge in [0.05, 0.1) is 5.69 Å². The van der Waals surface area contributed by atoms with E-state index in [9.17, 15) is 4.79 Å². The predicted molar refractivity (Wildman–Crippen MR) is 83.3 cm³/mol. The SMILES string of the molecule is O=C1CC(c2ccccc2)c2ccc3cnccc3c2N1. The molecule has 2 heterocycles. The van der Waals surface area contributed by atoms with Crippen molar-refractivity contribution in [3.63, 3.8) is 0 Å². The van der Waals surface area contributed by atoms with Gasteiger partial charge in [0, 0.05) is 35.5 Å². The molecule has 1 unspecified atom stereocenters. The van der Waals surface area contributed by atoms with E-state index < -0.39 is 0 Å². The molecule has 21 heavy (non-hydrogen) atoms. The Kier molecular flexibility index (Phi) is 2.71. The van der Waals surface area contributed by atoms with Crippen molar-refractivity contribution < 1.29 is 4.79 Å². The Morgan fingerprint density at radius 1 is 1.05 bits per heavy atom. The number of carbonyl (C=O) groups excluding carboxylic acids is 1. The number of fused-ring (bicyclic) bond motifs is 3. The molecule has 0 radical (unpaired) electrons. The maximum absolute atomic E-state index is 12.1. The van der Waals surface area contributed by atoms with Crippen molar-refractivity contribution in [1.82, 2.24) is 4.98 Å². The van der Waals surface area contributed by atoms with Crippen LogP contribution in [0.25, 0.3) is 10.8 Å². The molecule has 4 rings (SSSR count). The molecule has 3 heteroatoms. The molecule has 1 atom stereocenters. The van der Waals surface area contributed by atoms with Crippen molar-refractivity contribution in [3.05, 3.63) is 72.1 Å². The molecule has 3 nitrogen and oxygen atoms in total. The number of benzene rings is 2. The first-order chi connectivity index (χ1) is 10.3. The molecule has 1 amide bonds. The van der Waals surface area contributed by atoms with Crippen LogP contribution in [0.5, 0.6) is 0 Å². The number of aromatic nitrogens is 1. The van der Waals surface area contributed by atoms with Crippen LogP contribution in [0, 0.1) is 0 Å². The number of hydrogen-bond donors (Lipinski definition) is 1. The zero-order valence-corrected chi connectivity index (χ0v) is 11.4. The van der Waals surface area contributed by atoms with E-state index >= 15 is 0 Å². The summed E-state index contributed by atoms with van der Waals surface area (Å²) < 4.78 is 0. The first-order valence-electron chi connectivity index (χ1n) is 7.04. The number of nitrogens with one attached hydrogen (secondary N) is 1. The maximum Gasteiger partial charge on any atom is 0.225 e. The Bertz CT molecular complexity index is 827. The molecule has 1 aliphatic heterocycles. The lowest BCUT2D eigenvalue weighted by Gasteiger charge is -2.27. The lowest BCUT2D eigenvalue weighted by molar-refractivity contribution is -0.116. The van der Waals surface area contributed by atoms with E-state index in [4.69, 9.17) is 0 Å². The number of nitrogens with zero attached hydrogens (tertiary/aromatic N) is 1. The summed E-state index contributed by atoms with van der Waals surface area (Å²) in [5, 5.41) is 5.13.